The first-order chi connectivity index (χ1) is 9.54. The van der Waals surface area contributed by atoms with Gasteiger partial charge in [0.15, 0.2) is 0 Å². The maximum atomic E-state index is 12.4. The number of carbonyl (C=O) groups excluding carboxylic acids is 1. The van der Waals surface area contributed by atoms with Crippen molar-refractivity contribution in [2.45, 2.75) is 39.3 Å². The highest BCUT2D eigenvalue weighted by Crippen LogP contribution is 2.19. The molecule has 1 aromatic carbocycles. The van der Waals surface area contributed by atoms with E-state index >= 15 is 0 Å². The lowest BCUT2D eigenvalue weighted by Gasteiger charge is -2.28. The van der Waals surface area contributed by atoms with Crippen LogP contribution in [0.1, 0.15) is 26.3 Å². The third kappa shape index (κ3) is 2.85. The van der Waals surface area contributed by atoms with Gasteiger partial charge in [-0.1, -0.05) is 18.2 Å². The summed E-state index contributed by atoms with van der Waals surface area (Å²) < 4.78 is 0. The number of likely N-dealkylation sites (N-methyl/N-ethyl adjacent to an activating group) is 1. The zero-order chi connectivity index (χ0) is 14.7. The fourth-order valence-corrected chi connectivity index (χ4v) is 2.61. The summed E-state index contributed by atoms with van der Waals surface area (Å²) in [5.41, 5.74) is 8.29. The Balaban J connectivity index is 2.15. The topological polar surface area (TPSA) is 62.1 Å². The Hall–Kier alpha value is -1.81. The molecule has 0 aliphatic carbocycles. The summed E-state index contributed by atoms with van der Waals surface area (Å²) in [6, 6.07) is 7.76. The molecule has 2 aromatic rings. The SMILES string of the molecule is CCN(C(=O)[C@H](N)Cc1c[nH]c2ccccc12)C(C)C. The lowest BCUT2D eigenvalue weighted by atomic mass is 10.0. The number of fused-ring (bicyclic) bond motifs is 1. The average Bonchev–Trinajstić information content (AvgIpc) is 2.82. The Morgan fingerprint density at radius 2 is 2.05 bits per heavy atom. The zero-order valence-electron chi connectivity index (χ0n) is 12.4. The Kier molecular flexibility index (Phi) is 4.45. The van der Waals surface area contributed by atoms with Crippen molar-refractivity contribution in [2.75, 3.05) is 6.54 Å². The van der Waals surface area contributed by atoms with Crippen molar-refractivity contribution in [1.82, 2.24) is 9.88 Å². The van der Waals surface area contributed by atoms with Crippen LogP contribution in [-0.2, 0) is 11.2 Å². The minimum atomic E-state index is -0.489. The second kappa shape index (κ2) is 6.09. The Morgan fingerprint density at radius 1 is 1.35 bits per heavy atom. The van der Waals surface area contributed by atoms with Crippen LogP contribution in [0, 0.1) is 0 Å². The van der Waals surface area contributed by atoms with E-state index < -0.39 is 6.04 Å². The molecule has 1 amide bonds. The van der Waals surface area contributed by atoms with Crippen LogP contribution < -0.4 is 5.73 Å². The van der Waals surface area contributed by atoms with Gasteiger partial charge in [0, 0.05) is 29.7 Å². The number of H-pyrrole nitrogens is 1. The number of amides is 1. The number of aromatic amines is 1. The average molecular weight is 273 g/mol. The summed E-state index contributed by atoms with van der Waals surface area (Å²) in [7, 11) is 0. The molecule has 4 heteroatoms. The monoisotopic (exact) mass is 273 g/mol. The van der Waals surface area contributed by atoms with Crippen LogP contribution in [-0.4, -0.2) is 34.4 Å². The minimum absolute atomic E-state index is 0.0211. The highest BCUT2D eigenvalue weighted by atomic mass is 16.2. The third-order valence-electron chi connectivity index (χ3n) is 3.68. The molecular formula is C16H23N3O. The van der Waals surface area contributed by atoms with E-state index in [9.17, 15) is 4.79 Å². The van der Waals surface area contributed by atoms with Gasteiger partial charge in [-0.15, -0.1) is 0 Å². The van der Waals surface area contributed by atoms with Gasteiger partial charge in [-0.05, 0) is 38.8 Å². The van der Waals surface area contributed by atoms with Gasteiger partial charge in [0.1, 0.15) is 0 Å². The van der Waals surface area contributed by atoms with Crippen molar-refractivity contribution in [2.24, 2.45) is 5.73 Å². The van der Waals surface area contributed by atoms with E-state index in [2.05, 4.69) is 11.1 Å². The molecule has 0 aliphatic heterocycles. The molecule has 0 fully saturated rings. The molecule has 0 spiro atoms. The Bertz CT molecular complexity index is 588. The normalized spacial score (nSPS) is 12.8. The van der Waals surface area contributed by atoms with Crippen molar-refractivity contribution in [3.05, 3.63) is 36.0 Å². The molecule has 0 saturated carbocycles. The van der Waals surface area contributed by atoms with Crippen LogP contribution >= 0.6 is 0 Å². The van der Waals surface area contributed by atoms with Gasteiger partial charge >= 0.3 is 0 Å². The smallest absolute Gasteiger partial charge is 0.240 e. The number of nitrogens with zero attached hydrogens (tertiary/aromatic N) is 1. The van der Waals surface area contributed by atoms with Crippen LogP contribution in [0.5, 0.6) is 0 Å². The van der Waals surface area contributed by atoms with E-state index in [0.717, 1.165) is 16.5 Å². The first-order valence-corrected chi connectivity index (χ1v) is 7.15. The molecule has 20 heavy (non-hydrogen) atoms. The molecule has 0 radical (unpaired) electrons. The van der Waals surface area contributed by atoms with E-state index in [-0.39, 0.29) is 11.9 Å². The molecule has 2 rings (SSSR count). The van der Waals surface area contributed by atoms with E-state index in [4.69, 9.17) is 5.73 Å². The number of aromatic nitrogens is 1. The highest BCUT2D eigenvalue weighted by molar-refractivity contribution is 5.86. The Labute approximate surface area is 120 Å². The van der Waals surface area contributed by atoms with Crippen LogP contribution in [0.15, 0.2) is 30.5 Å². The number of hydrogen-bond acceptors (Lipinski definition) is 2. The second-order valence-corrected chi connectivity index (χ2v) is 5.39. The van der Waals surface area contributed by atoms with Gasteiger partial charge in [-0.25, -0.2) is 0 Å². The van der Waals surface area contributed by atoms with Crippen molar-refractivity contribution in [3.63, 3.8) is 0 Å². The van der Waals surface area contributed by atoms with Gasteiger partial charge in [-0.2, -0.15) is 0 Å². The van der Waals surface area contributed by atoms with Crippen LogP contribution in [0.2, 0.25) is 0 Å². The number of benzene rings is 1. The van der Waals surface area contributed by atoms with Crippen molar-refractivity contribution in [1.29, 1.82) is 0 Å². The molecule has 108 valence electrons. The fourth-order valence-electron chi connectivity index (χ4n) is 2.61. The number of nitrogens with two attached hydrogens (primary N) is 1. The number of carbonyl (C=O) groups is 1. The number of hydrogen-bond donors (Lipinski definition) is 2. The summed E-state index contributed by atoms with van der Waals surface area (Å²) >= 11 is 0. The summed E-state index contributed by atoms with van der Waals surface area (Å²) in [6.45, 7) is 6.70. The molecule has 1 heterocycles. The number of nitrogens with one attached hydrogen (secondary N) is 1. The zero-order valence-corrected chi connectivity index (χ0v) is 12.4. The van der Waals surface area contributed by atoms with E-state index in [1.54, 1.807) is 0 Å². The van der Waals surface area contributed by atoms with Gasteiger partial charge < -0.3 is 15.6 Å². The number of rotatable bonds is 5. The van der Waals surface area contributed by atoms with E-state index in [1.807, 2.05) is 50.1 Å². The second-order valence-electron chi connectivity index (χ2n) is 5.39. The van der Waals surface area contributed by atoms with Crippen LogP contribution in [0.4, 0.5) is 0 Å². The largest absolute Gasteiger partial charge is 0.361 e. The van der Waals surface area contributed by atoms with Crippen LogP contribution in [0.25, 0.3) is 10.9 Å². The quantitative estimate of drug-likeness (QED) is 0.878. The lowest BCUT2D eigenvalue weighted by molar-refractivity contribution is -0.134. The maximum Gasteiger partial charge on any atom is 0.240 e. The number of para-hydroxylation sites is 1. The van der Waals surface area contributed by atoms with E-state index in [1.165, 1.54) is 0 Å². The predicted molar refractivity (Wildman–Crippen MR) is 82.5 cm³/mol. The molecule has 1 aromatic heterocycles. The first kappa shape index (κ1) is 14.6. The molecule has 0 bridgehead atoms. The van der Waals surface area contributed by atoms with Gasteiger partial charge in [0.25, 0.3) is 0 Å². The summed E-state index contributed by atoms with van der Waals surface area (Å²) in [5.74, 6) is 0.0211. The molecule has 0 aliphatic rings. The van der Waals surface area contributed by atoms with Gasteiger partial charge in [0.05, 0.1) is 6.04 Å². The third-order valence-corrected chi connectivity index (χ3v) is 3.68. The molecule has 0 saturated heterocycles. The standard InChI is InChI=1S/C16H23N3O/c1-4-19(11(2)3)16(20)14(17)9-12-10-18-15-8-6-5-7-13(12)15/h5-8,10-11,14,18H,4,9,17H2,1-3H3/t14-/m1/s1. The molecule has 3 N–H and O–H groups in total. The predicted octanol–water partition coefficient (Wildman–Crippen LogP) is 2.29. The van der Waals surface area contributed by atoms with Crippen molar-refractivity contribution < 1.29 is 4.79 Å². The Morgan fingerprint density at radius 3 is 2.70 bits per heavy atom. The molecule has 1 atom stereocenters. The molecule has 4 nitrogen and oxygen atoms in total. The molecular weight excluding hydrogens is 250 g/mol. The molecule has 0 unspecified atom stereocenters. The first-order valence-electron chi connectivity index (χ1n) is 7.15. The minimum Gasteiger partial charge on any atom is -0.361 e. The lowest BCUT2D eigenvalue weighted by Crippen LogP contribution is -2.47. The maximum absolute atomic E-state index is 12.4. The summed E-state index contributed by atoms with van der Waals surface area (Å²) in [6.07, 6.45) is 2.51. The van der Waals surface area contributed by atoms with Crippen LogP contribution in [0.3, 0.4) is 0 Å². The summed E-state index contributed by atoms with van der Waals surface area (Å²) in [5, 5.41) is 1.14. The fraction of sp³-hybridized carbons (Fsp3) is 0.438. The van der Waals surface area contributed by atoms with Crippen molar-refractivity contribution in [3.8, 4) is 0 Å². The summed E-state index contributed by atoms with van der Waals surface area (Å²) in [4.78, 5) is 17.4. The highest BCUT2D eigenvalue weighted by Gasteiger charge is 2.22. The van der Waals surface area contributed by atoms with E-state index in [0.29, 0.717) is 13.0 Å². The van der Waals surface area contributed by atoms with Gasteiger partial charge in [0.2, 0.25) is 5.91 Å². The van der Waals surface area contributed by atoms with Gasteiger partial charge in [-0.3, -0.25) is 4.79 Å². The van der Waals surface area contributed by atoms with Crippen molar-refractivity contribution >= 4 is 16.8 Å².